The zero-order chi connectivity index (χ0) is 16.2. The average molecular weight is 308 g/mol. The van der Waals surface area contributed by atoms with Crippen LogP contribution in [0.15, 0.2) is 109 Å². The maximum atomic E-state index is 2.26. The molecule has 0 aliphatic carbocycles. The number of benzene rings is 3. The molecule has 0 radical (unpaired) electrons. The molecule has 1 nitrogen and oxygen atoms in total. The SMILES string of the molecule is c1ccc(-c2cc[n+](-c3ccccc3)c(-c3ccccc3)c2)cc1. The second-order valence-corrected chi connectivity index (χ2v) is 5.74. The lowest BCUT2D eigenvalue weighted by Crippen LogP contribution is -2.32. The summed E-state index contributed by atoms with van der Waals surface area (Å²) < 4.78 is 2.24. The summed E-state index contributed by atoms with van der Waals surface area (Å²) in [5, 5.41) is 0. The average Bonchev–Trinajstić information content (AvgIpc) is 2.69. The summed E-state index contributed by atoms with van der Waals surface area (Å²) >= 11 is 0. The van der Waals surface area contributed by atoms with Gasteiger partial charge in [-0.1, -0.05) is 66.7 Å². The van der Waals surface area contributed by atoms with Gasteiger partial charge in [-0.25, -0.2) is 0 Å². The van der Waals surface area contributed by atoms with Gasteiger partial charge in [0.05, 0.1) is 0 Å². The first-order chi connectivity index (χ1) is 11.9. The second-order valence-electron chi connectivity index (χ2n) is 5.74. The topological polar surface area (TPSA) is 3.88 Å². The van der Waals surface area contributed by atoms with Gasteiger partial charge < -0.3 is 0 Å². The number of hydrogen-bond acceptors (Lipinski definition) is 0. The zero-order valence-electron chi connectivity index (χ0n) is 13.3. The van der Waals surface area contributed by atoms with Crippen molar-refractivity contribution in [2.75, 3.05) is 0 Å². The van der Waals surface area contributed by atoms with Crippen molar-refractivity contribution in [3.8, 4) is 28.1 Å². The van der Waals surface area contributed by atoms with Gasteiger partial charge >= 0.3 is 0 Å². The first-order valence-electron chi connectivity index (χ1n) is 8.14. The fraction of sp³-hybridized carbons (Fsp3) is 0. The highest BCUT2D eigenvalue weighted by atomic mass is 15.0. The van der Waals surface area contributed by atoms with E-state index in [1.54, 1.807) is 0 Å². The summed E-state index contributed by atoms with van der Waals surface area (Å²) in [6.07, 6.45) is 2.15. The van der Waals surface area contributed by atoms with Crippen molar-refractivity contribution in [2.24, 2.45) is 0 Å². The molecule has 24 heavy (non-hydrogen) atoms. The molecule has 4 aromatic rings. The smallest absolute Gasteiger partial charge is 0.160 e. The van der Waals surface area contributed by atoms with E-state index < -0.39 is 0 Å². The summed E-state index contributed by atoms with van der Waals surface area (Å²) in [6.45, 7) is 0. The fourth-order valence-corrected chi connectivity index (χ4v) is 2.96. The van der Waals surface area contributed by atoms with Crippen LogP contribution < -0.4 is 4.57 Å². The Balaban J connectivity index is 1.92. The molecule has 0 N–H and O–H groups in total. The third-order valence-electron chi connectivity index (χ3n) is 4.17. The number of hydrogen-bond donors (Lipinski definition) is 0. The molecular weight excluding hydrogens is 290 g/mol. The van der Waals surface area contributed by atoms with Crippen LogP contribution in [0, 0.1) is 0 Å². The van der Waals surface area contributed by atoms with Crippen LogP contribution in [0.1, 0.15) is 0 Å². The minimum Gasteiger partial charge on any atom is -0.160 e. The predicted octanol–water partition coefficient (Wildman–Crippen LogP) is 5.30. The van der Waals surface area contributed by atoms with Crippen LogP contribution in [0.25, 0.3) is 28.1 Å². The summed E-state index contributed by atoms with van der Waals surface area (Å²) in [5.74, 6) is 0. The summed E-state index contributed by atoms with van der Waals surface area (Å²) in [7, 11) is 0. The maximum Gasteiger partial charge on any atom is 0.219 e. The Morgan fingerprint density at radius 3 is 1.62 bits per heavy atom. The number of pyridine rings is 1. The molecule has 1 aromatic heterocycles. The molecule has 0 saturated carbocycles. The van der Waals surface area contributed by atoms with Gasteiger partial charge in [-0.2, -0.15) is 4.57 Å². The normalized spacial score (nSPS) is 10.5. The van der Waals surface area contributed by atoms with Crippen molar-refractivity contribution in [1.29, 1.82) is 0 Å². The minimum absolute atomic E-state index is 1.16. The van der Waals surface area contributed by atoms with Gasteiger partial charge in [-0.3, -0.25) is 0 Å². The van der Waals surface area contributed by atoms with E-state index in [1.165, 1.54) is 22.4 Å². The number of nitrogens with zero attached hydrogens (tertiary/aromatic N) is 1. The third-order valence-corrected chi connectivity index (χ3v) is 4.17. The molecule has 0 aliphatic rings. The van der Waals surface area contributed by atoms with E-state index in [0.717, 1.165) is 5.69 Å². The maximum absolute atomic E-state index is 2.26. The highest BCUT2D eigenvalue weighted by molar-refractivity contribution is 5.68. The van der Waals surface area contributed by atoms with Crippen LogP contribution in [-0.4, -0.2) is 0 Å². The van der Waals surface area contributed by atoms with Crippen LogP contribution in [0.4, 0.5) is 0 Å². The van der Waals surface area contributed by atoms with E-state index in [4.69, 9.17) is 0 Å². The molecule has 4 rings (SSSR count). The van der Waals surface area contributed by atoms with Gasteiger partial charge in [0.1, 0.15) is 0 Å². The van der Waals surface area contributed by atoms with Gasteiger partial charge in [-0.15, -0.1) is 0 Å². The summed E-state index contributed by atoms with van der Waals surface area (Å²) in [4.78, 5) is 0. The lowest BCUT2D eigenvalue weighted by atomic mass is 10.0. The highest BCUT2D eigenvalue weighted by Gasteiger charge is 2.16. The van der Waals surface area contributed by atoms with Gasteiger partial charge in [0.15, 0.2) is 6.20 Å². The summed E-state index contributed by atoms with van der Waals surface area (Å²) in [5.41, 5.74) is 6.01. The molecule has 0 unspecified atom stereocenters. The number of rotatable bonds is 3. The van der Waals surface area contributed by atoms with E-state index in [-0.39, 0.29) is 0 Å². The van der Waals surface area contributed by atoms with Crippen molar-refractivity contribution in [2.45, 2.75) is 0 Å². The van der Waals surface area contributed by atoms with Gasteiger partial charge in [0, 0.05) is 29.8 Å². The molecule has 0 spiro atoms. The highest BCUT2D eigenvalue weighted by Crippen LogP contribution is 2.24. The van der Waals surface area contributed by atoms with E-state index in [0.29, 0.717) is 0 Å². The monoisotopic (exact) mass is 308 g/mol. The molecule has 3 aromatic carbocycles. The Labute approximate surface area is 142 Å². The van der Waals surface area contributed by atoms with Gasteiger partial charge in [0.2, 0.25) is 11.4 Å². The molecule has 0 saturated heterocycles. The van der Waals surface area contributed by atoms with Crippen LogP contribution >= 0.6 is 0 Å². The number of para-hydroxylation sites is 1. The molecule has 0 bridgehead atoms. The third kappa shape index (κ3) is 2.84. The Morgan fingerprint density at radius 1 is 0.458 bits per heavy atom. The molecule has 1 heterocycles. The Kier molecular flexibility index (Phi) is 3.91. The van der Waals surface area contributed by atoms with Crippen molar-refractivity contribution >= 4 is 0 Å². The molecule has 114 valence electrons. The van der Waals surface area contributed by atoms with Crippen molar-refractivity contribution in [3.05, 3.63) is 109 Å². The summed E-state index contributed by atoms with van der Waals surface area (Å²) in [6, 6.07) is 35.9. The fourth-order valence-electron chi connectivity index (χ4n) is 2.96. The first kappa shape index (κ1) is 14.4. The van der Waals surface area contributed by atoms with E-state index in [9.17, 15) is 0 Å². The second kappa shape index (κ2) is 6.51. The first-order valence-corrected chi connectivity index (χ1v) is 8.14. The lowest BCUT2D eigenvalue weighted by molar-refractivity contribution is -0.583. The molecule has 0 fully saturated rings. The van der Waals surface area contributed by atoms with E-state index >= 15 is 0 Å². The van der Waals surface area contributed by atoms with Gasteiger partial charge in [-0.05, 0) is 23.3 Å². The largest absolute Gasteiger partial charge is 0.219 e. The standard InChI is InChI=1S/C23H18N/c1-4-10-19(11-5-1)21-16-17-24(22-14-8-3-9-15-22)23(18-21)20-12-6-2-7-13-20/h1-18H/q+1. The molecule has 0 aliphatic heterocycles. The van der Waals surface area contributed by atoms with Gasteiger partial charge in [0.25, 0.3) is 0 Å². The predicted molar refractivity (Wildman–Crippen MR) is 98.8 cm³/mol. The van der Waals surface area contributed by atoms with Crippen molar-refractivity contribution in [1.82, 2.24) is 0 Å². The zero-order valence-corrected chi connectivity index (χ0v) is 13.3. The van der Waals surface area contributed by atoms with Crippen LogP contribution in [0.3, 0.4) is 0 Å². The van der Waals surface area contributed by atoms with Crippen molar-refractivity contribution < 1.29 is 4.57 Å². The molecule has 0 atom stereocenters. The Bertz CT molecular complexity index is 929. The van der Waals surface area contributed by atoms with E-state index in [2.05, 4.69) is 108 Å². The van der Waals surface area contributed by atoms with E-state index in [1.807, 2.05) is 6.07 Å². The molecule has 0 amide bonds. The van der Waals surface area contributed by atoms with Crippen LogP contribution in [0.2, 0.25) is 0 Å². The number of aromatic nitrogens is 1. The quantitative estimate of drug-likeness (QED) is 0.452. The van der Waals surface area contributed by atoms with Crippen LogP contribution in [-0.2, 0) is 0 Å². The van der Waals surface area contributed by atoms with Crippen molar-refractivity contribution in [3.63, 3.8) is 0 Å². The molecular formula is C23H18N+. The van der Waals surface area contributed by atoms with Crippen LogP contribution in [0.5, 0.6) is 0 Å². The Hall–Kier alpha value is -3.19. The minimum atomic E-state index is 1.16. The Morgan fingerprint density at radius 2 is 1.00 bits per heavy atom. The lowest BCUT2D eigenvalue weighted by Gasteiger charge is -2.07. The molecule has 1 heteroatoms.